The summed E-state index contributed by atoms with van der Waals surface area (Å²) in [4.78, 5) is 19.3. The van der Waals surface area contributed by atoms with Crippen molar-refractivity contribution < 1.29 is 0 Å². The van der Waals surface area contributed by atoms with E-state index in [2.05, 4.69) is 15.3 Å². The fourth-order valence-electron chi connectivity index (χ4n) is 1.39. The predicted molar refractivity (Wildman–Crippen MR) is 72.8 cm³/mol. The van der Waals surface area contributed by atoms with Crippen molar-refractivity contribution in [1.82, 2.24) is 15.3 Å². The number of aromatic nitrogens is 2. The van der Waals surface area contributed by atoms with Gasteiger partial charge in [-0.25, -0.2) is 4.98 Å². The van der Waals surface area contributed by atoms with Gasteiger partial charge in [0.05, 0.1) is 16.0 Å². The Hall–Kier alpha value is -2.01. The predicted octanol–water partition coefficient (Wildman–Crippen LogP) is 1.83. The second-order valence-electron chi connectivity index (χ2n) is 3.50. The van der Waals surface area contributed by atoms with E-state index in [0.717, 1.165) is 11.0 Å². The van der Waals surface area contributed by atoms with Gasteiger partial charge in [0.1, 0.15) is 5.69 Å². The van der Waals surface area contributed by atoms with E-state index in [4.69, 9.17) is 12.2 Å². The van der Waals surface area contributed by atoms with Gasteiger partial charge in [0.15, 0.2) is 0 Å². The lowest BCUT2D eigenvalue weighted by Crippen LogP contribution is -2.13. The molecule has 4 nitrogen and oxygen atoms in total. The third-order valence-corrected chi connectivity index (χ3v) is 2.27. The number of benzene rings is 1. The van der Waals surface area contributed by atoms with Gasteiger partial charge in [0.25, 0.3) is 5.56 Å². The summed E-state index contributed by atoms with van der Waals surface area (Å²) in [5.41, 5.74) is 1.62. The zero-order valence-corrected chi connectivity index (χ0v) is 10.0. The summed E-state index contributed by atoms with van der Waals surface area (Å²) in [5.74, 6) is 0. The minimum Gasteiger partial charge on any atom is -0.356 e. The van der Waals surface area contributed by atoms with Crippen molar-refractivity contribution in [2.75, 3.05) is 0 Å². The Morgan fingerprint density at radius 2 is 2.24 bits per heavy atom. The average molecular weight is 245 g/mol. The van der Waals surface area contributed by atoms with Crippen LogP contribution in [0.15, 0.2) is 35.3 Å². The molecule has 2 N–H and O–H groups in total. The molecule has 86 valence electrons. The average Bonchev–Trinajstić information content (AvgIpc) is 2.29. The zero-order chi connectivity index (χ0) is 12.3. The second kappa shape index (κ2) is 4.88. The van der Waals surface area contributed by atoms with E-state index in [9.17, 15) is 4.79 Å². The maximum absolute atomic E-state index is 11.7. The Balaban J connectivity index is 2.41. The Bertz CT molecular complexity index is 645. The number of hydrogen-bond acceptors (Lipinski definition) is 3. The highest BCUT2D eigenvalue weighted by Gasteiger charge is 2.00. The van der Waals surface area contributed by atoms with Crippen molar-refractivity contribution in [3.8, 4) is 0 Å². The number of nitrogens with one attached hydrogen (secondary N) is 2. The van der Waals surface area contributed by atoms with Crippen molar-refractivity contribution in [1.29, 1.82) is 0 Å². The molecule has 1 aromatic carbocycles. The number of hydrogen-bond donors (Lipinski definition) is 2. The zero-order valence-electron chi connectivity index (χ0n) is 9.23. The molecule has 17 heavy (non-hydrogen) atoms. The van der Waals surface area contributed by atoms with E-state index in [1.807, 2.05) is 24.3 Å². The summed E-state index contributed by atoms with van der Waals surface area (Å²) in [6.45, 7) is 1.76. The molecule has 0 atom stereocenters. The number of H-pyrrole nitrogens is 1. The summed E-state index contributed by atoms with van der Waals surface area (Å²) in [5, 5.41) is 2.83. The fraction of sp³-hybridized carbons (Fsp3) is 0.0833. The third kappa shape index (κ3) is 2.76. The molecule has 1 heterocycles. The van der Waals surface area contributed by atoms with Gasteiger partial charge in [-0.2, -0.15) is 0 Å². The summed E-state index contributed by atoms with van der Waals surface area (Å²) >= 11 is 4.85. The number of para-hydroxylation sites is 2. The molecule has 0 radical (unpaired) electrons. The summed E-state index contributed by atoms with van der Waals surface area (Å²) < 4.78 is 0. The number of aromatic amines is 1. The van der Waals surface area contributed by atoms with Crippen LogP contribution < -0.4 is 10.9 Å². The largest absolute Gasteiger partial charge is 0.356 e. The molecule has 0 amide bonds. The molecular formula is C12H11N3OS. The Labute approximate surface area is 103 Å². The number of nitrogens with zero attached hydrogens (tertiary/aromatic N) is 1. The lowest BCUT2D eigenvalue weighted by atomic mass is 10.3. The highest BCUT2D eigenvalue weighted by molar-refractivity contribution is 7.80. The van der Waals surface area contributed by atoms with Crippen LogP contribution >= 0.6 is 12.2 Å². The lowest BCUT2D eigenvalue weighted by molar-refractivity contribution is 1.18. The summed E-state index contributed by atoms with van der Waals surface area (Å²) in [7, 11) is 0. The molecule has 0 aliphatic heterocycles. The molecule has 0 saturated heterocycles. The minimum absolute atomic E-state index is 0.219. The van der Waals surface area contributed by atoms with Crippen LogP contribution in [0.25, 0.3) is 17.1 Å². The topological polar surface area (TPSA) is 57.8 Å². The highest BCUT2D eigenvalue weighted by atomic mass is 32.1. The van der Waals surface area contributed by atoms with Gasteiger partial charge in [0, 0.05) is 6.20 Å². The van der Waals surface area contributed by atoms with Crippen LogP contribution in [-0.4, -0.2) is 15.0 Å². The molecular weight excluding hydrogens is 234 g/mol. The van der Waals surface area contributed by atoms with Gasteiger partial charge in [-0.15, -0.1) is 0 Å². The van der Waals surface area contributed by atoms with Gasteiger partial charge >= 0.3 is 0 Å². The van der Waals surface area contributed by atoms with Crippen LogP contribution in [0.3, 0.4) is 0 Å². The van der Waals surface area contributed by atoms with Gasteiger partial charge in [-0.1, -0.05) is 24.4 Å². The highest BCUT2D eigenvalue weighted by Crippen LogP contribution is 2.06. The van der Waals surface area contributed by atoms with Crippen molar-refractivity contribution in [3.63, 3.8) is 0 Å². The molecule has 2 aromatic rings. The van der Waals surface area contributed by atoms with Crippen molar-refractivity contribution >= 4 is 34.3 Å². The van der Waals surface area contributed by atoms with Crippen LogP contribution in [-0.2, 0) is 0 Å². The molecule has 0 spiro atoms. The van der Waals surface area contributed by atoms with E-state index in [1.54, 1.807) is 19.2 Å². The first-order valence-electron chi connectivity index (χ1n) is 5.09. The second-order valence-corrected chi connectivity index (χ2v) is 4.11. The van der Waals surface area contributed by atoms with E-state index < -0.39 is 0 Å². The monoisotopic (exact) mass is 245 g/mol. The molecule has 0 fully saturated rings. The number of thiocarbonyl (C=S) groups is 1. The van der Waals surface area contributed by atoms with Crippen LogP contribution in [0, 0.1) is 0 Å². The van der Waals surface area contributed by atoms with Crippen molar-refractivity contribution in [3.05, 3.63) is 46.5 Å². The van der Waals surface area contributed by atoms with Crippen LogP contribution in [0.4, 0.5) is 0 Å². The van der Waals surface area contributed by atoms with E-state index in [-0.39, 0.29) is 5.56 Å². The van der Waals surface area contributed by atoms with Crippen molar-refractivity contribution in [2.45, 2.75) is 6.92 Å². The van der Waals surface area contributed by atoms with Crippen LogP contribution in [0.1, 0.15) is 12.6 Å². The minimum atomic E-state index is -0.219. The number of fused-ring (bicyclic) bond motifs is 1. The molecule has 0 aliphatic rings. The molecule has 0 aliphatic carbocycles. The van der Waals surface area contributed by atoms with Crippen LogP contribution in [0.5, 0.6) is 0 Å². The maximum Gasteiger partial charge on any atom is 0.274 e. The first-order chi connectivity index (χ1) is 8.16. The normalized spacial score (nSPS) is 10.9. The summed E-state index contributed by atoms with van der Waals surface area (Å²) in [6, 6.07) is 7.39. The lowest BCUT2D eigenvalue weighted by Gasteiger charge is -1.98. The van der Waals surface area contributed by atoms with Crippen LogP contribution in [0.2, 0.25) is 0 Å². The number of rotatable bonds is 2. The Morgan fingerprint density at radius 3 is 3.00 bits per heavy atom. The molecule has 0 unspecified atom stereocenters. The molecule has 1 aromatic heterocycles. The summed E-state index contributed by atoms with van der Waals surface area (Å²) in [6.07, 6.45) is 3.20. The first-order valence-corrected chi connectivity index (χ1v) is 5.50. The maximum atomic E-state index is 11.7. The smallest absolute Gasteiger partial charge is 0.274 e. The van der Waals surface area contributed by atoms with Gasteiger partial charge in [0.2, 0.25) is 0 Å². The van der Waals surface area contributed by atoms with E-state index >= 15 is 0 Å². The molecule has 5 heteroatoms. The standard InChI is InChI=1S/C12H11N3OS/c1-8(17)13-7-6-11-12(16)15-10-5-3-2-4-9(10)14-11/h2-7H,1H3,(H,13,17)(H,15,16)/b7-6+. The third-order valence-electron chi connectivity index (χ3n) is 2.15. The Kier molecular flexibility index (Phi) is 3.30. The van der Waals surface area contributed by atoms with Gasteiger partial charge in [-0.3, -0.25) is 4.79 Å². The molecule has 2 rings (SSSR count). The first kappa shape index (κ1) is 11.5. The molecule has 0 saturated carbocycles. The van der Waals surface area contributed by atoms with E-state index in [0.29, 0.717) is 10.7 Å². The van der Waals surface area contributed by atoms with Crippen molar-refractivity contribution in [2.24, 2.45) is 0 Å². The fourth-order valence-corrected chi connectivity index (χ4v) is 1.46. The Morgan fingerprint density at radius 1 is 1.47 bits per heavy atom. The molecule has 0 bridgehead atoms. The van der Waals surface area contributed by atoms with E-state index in [1.165, 1.54) is 0 Å². The quantitative estimate of drug-likeness (QED) is 0.793. The van der Waals surface area contributed by atoms with Gasteiger partial charge in [-0.05, 0) is 25.1 Å². The van der Waals surface area contributed by atoms with Gasteiger partial charge < -0.3 is 10.3 Å². The SMILES string of the molecule is CC(=S)N/C=C/c1nc2ccccc2[nH]c1=O.